The third-order valence-electron chi connectivity index (χ3n) is 1.55. The first-order chi connectivity index (χ1) is 5.74. The minimum Gasteiger partial charge on any atom is -0.312 e. The quantitative estimate of drug-likeness (QED) is 0.553. The van der Waals surface area contributed by atoms with Crippen LogP contribution in [0.1, 0.15) is 18.7 Å². The van der Waals surface area contributed by atoms with Gasteiger partial charge in [0.25, 0.3) is 0 Å². The molecule has 0 saturated heterocycles. The number of benzene rings is 1. The molecule has 1 aromatic rings. The summed E-state index contributed by atoms with van der Waals surface area (Å²) in [7, 11) is 0. The molecule has 0 saturated carbocycles. The molecule has 0 aliphatic heterocycles. The molecule has 0 heterocycles. The second kappa shape index (κ2) is 4.50. The molecule has 2 nitrogen and oxygen atoms in total. The van der Waals surface area contributed by atoms with E-state index in [4.69, 9.17) is 11.5 Å². The number of hydrogen-bond acceptors (Lipinski definition) is 3. The van der Waals surface area contributed by atoms with Crippen LogP contribution in [0, 0.1) is 0 Å². The van der Waals surface area contributed by atoms with Crippen LogP contribution in [-0.4, -0.2) is 5.75 Å². The summed E-state index contributed by atoms with van der Waals surface area (Å²) in [6.45, 7) is 2.12. The Balaban J connectivity index is 2.81. The van der Waals surface area contributed by atoms with Crippen LogP contribution in [0.5, 0.6) is 0 Å². The third kappa shape index (κ3) is 2.52. The van der Waals surface area contributed by atoms with Gasteiger partial charge in [-0.1, -0.05) is 19.1 Å². The first kappa shape index (κ1) is 9.58. The Kier molecular flexibility index (Phi) is 3.59. The summed E-state index contributed by atoms with van der Waals surface area (Å²) >= 11 is 1.80. The smallest absolute Gasteiger partial charge is 0.0785 e. The van der Waals surface area contributed by atoms with E-state index in [0.717, 1.165) is 11.3 Å². The van der Waals surface area contributed by atoms with Gasteiger partial charge in [0.15, 0.2) is 0 Å². The minimum absolute atomic E-state index is 0.359. The molecule has 66 valence electrons. The van der Waals surface area contributed by atoms with Gasteiger partial charge in [-0.3, -0.25) is 0 Å². The Morgan fingerprint density at radius 1 is 1.42 bits per heavy atom. The fourth-order valence-electron chi connectivity index (χ4n) is 0.978. The zero-order valence-corrected chi connectivity index (χ0v) is 7.97. The molecule has 0 amide bonds. The van der Waals surface area contributed by atoms with Gasteiger partial charge in [0, 0.05) is 4.90 Å². The second-order valence-electron chi connectivity index (χ2n) is 2.53. The average molecular weight is 182 g/mol. The summed E-state index contributed by atoms with van der Waals surface area (Å²) in [5.74, 6) is 1.07. The van der Waals surface area contributed by atoms with Crippen molar-refractivity contribution >= 4 is 11.8 Å². The normalized spacial score (nSPS) is 10.7. The highest BCUT2D eigenvalue weighted by Gasteiger charge is 1.99. The van der Waals surface area contributed by atoms with Crippen LogP contribution >= 0.6 is 11.8 Å². The molecule has 0 bridgehead atoms. The summed E-state index contributed by atoms with van der Waals surface area (Å²) in [4.78, 5) is 1.23. The molecule has 0 aliphatic rings. The van der Waals surface area contributed by atoms with E-state index in [0.29, 0.717) is 0 Å². The van der Waals surface area contributed by atoms with Gasteiger partial charge in [-0.15, -0.1) is 11.8 Å². The minimum atomic E-state index is -0.359. The molecule has 0 radical (unpaired) electrons. The van der Waals surface area contributed by atoms with Crippen molar-refractivity contribution in [2.24, 2.45) is 11.5 Å². The average Bonchev–Trinajstić information content (AvgIpc) is 2.05. The van der Waals surface area contributed by atoms with Crippen molar-refractivity contribution in [2.45, 2.75) is 18.0 Å². The molecular weight excluding hydrogens is 168 g/mol. The Morgan fingerprint density at radius 2 is 2.17 bits per heavy atom. The highest BCUT2D eigenvalue weighted by molar-refractivity contribution is 7.99. The molecule has 1 rings (SSSR count). The molecule has 0 unspecified atom stereocenters. The van der Waals surface area contributed by atoms with Gasteiger partial charge >= 0.3 is 0 Å². The molecule has 3 heteroatoms. The maximum atomic E-state index is 5.55. The maximum absolute atomic E-state index is 5.55. The molecule has 0 fully saturated rings. The Morgan fingerprint density at radius 3 is 2.75 bits per heavy atom. The fourth-order valence-corrected chi connectivity index (χ4v) is 1.71. The largest absolute Gasteiger partial charge is 0.312 e. The lowest BCUT2D eigenvalue weighted by Gasteiger charge is -2.06. The van der Waals surface area contributed by atoms with Gasteiger partial charge in [-0.25, -0.2) is 0 Å². The molecule has 0 spiro atoms. The van der Waals surface area contributed by atoms with Crippen molar-refractivity contribution in [1.29, 1.82) is 0 Å². The van der Waals surface area contributed by atoms with Gasteiger partial charge < -0.3 is 11.5 Å². The van der Waals surface area contributed by atoms with Crippen molar-refractivity contribution in [1.82, 2.24) is 0 Å². The molecular formula is C9H14N2S. The van der Waals surface area contributed by atoms with E-state index >= 15 is 0 Å². The van der Waals surface area contributed by atoms with Crippen molar-refractivity contribution in [3.05, 3.63) is 29.8 Å². The number of rotatable bonds is 3. The predicted molar refractivity (Wildman–Crippen MR) is 54.0 cm³/mol. The summed E-state index contributed by atoms with van der Waals surface area (Å²) in [6.07, 6.45) is -0.359. The zero-order valence-electron chi connectivity index (χ0n) is 7.16. The van der Waals surface area contributed by atoms with E-state index in [1.54, 1.807) is 11.8 Å². The monoisotopic (exact) mass is 182 g/mol. The predicted octanol–water partition coefficient (Wildman–Crippen LogP) is 1.71. The van der Waals surface area contributed by atoms with Crippen LogP contribution in [0.15, 0.2) is 29.2 Å². The summed E-state index contributed by atoms with van der Waals surface area (Å²) in [5, 5.41) is 0. The third-order valence-corrected chi connectivity index (χ3v) is 2.43. The van der Waals surface area contributed by atoms with Crippen LogP contribution in [0.25, 0.3) is 0 Å². The summed E-state index contributed by atoms with van der Waals surface area (Å²) in [5.41, 5.74) is 12.1. The van der Waals surface area contributed by atoms with Crippen LogP contribution in [0.2, 0.25) is 0 Å². The van der Waals surface area contributed by atoms with E-state index in [1.807, 2.05) is 18.2 Å². The lowest BCUT2D eigenvalue weighted by Crippen LogP contribution is -2.19. The number of thioether (sulfide) groups is 1. The van der Waals surface area contributed by atoms with Crippen molar-refractivity contribution < 1.29 is 0 Å². The number of hydrogen-bond donors (Lipinski definition) is 2. The van der Waals surface area contributed by atoms with E-state index in [-0.39, 0.29) is 6.17 Å². The lowest BCUT2D eigenvalue weighted by atomic mass is 10.2. The van der Waals surface area contributed by atoms with Gasteiger partial charge in [0.2, 0.25) is 0 Å². The van der Waals surface area contributed by atoms with Crippen LogP contribution < -0.4 is 11.5 Å². The van der Waals surface area contributed by atoms with Gasteiger partial charge in [0.05, 0.1) is 6.17 Å². The number of nitrogens with two attached hydrogens (primary N) is 2. The SMILES string of the molecule is CCSc1cccc(C(N)N)c1. The fraction of sp³-hybridized carbons (Fsp3) is 0.333. The van der Waals surface area contributed by atoms with Crippen LogP contribution in [0.3, 0.4) is 0 Å². The van der Waals surface area contributed by atoms with Gasteiger partial charge in [-0.05, 0) is 23.4 Å². The van der Waals surface area contributed by atoms with E-state index in [1.165, 1.54) is 4.90 Å². The van der Waals surface area contributed by atoms with E-state index in [2.05, 4.69) is 13.0 Å². The Hall–Kier alpha value is -0.510. The first-order valence-electron chi connectivity index (χ1n) is 3.98. The Labute approximate surface area is 77.3 Å². The standard InChI is InChI=1S/C9H14N2S/c1-2-12-8-5-3-4-7(6-8)9(10)11/h3-6,9H,2,10-11H2,1H3. The molecule has 12 heavy (non-hydrogen) atoms. The maximum Gasteiger partial charge on any atom is 0.0785 e. The van der Waals surface area contributed by atoms with Crippen LogP contribution in [-0.2, 0) is 0 Å². The summed E-state index contributed by atoms with van der Waals surface area (Å²) in [6, 6.07) is 8.04. The molecule has 4 N–H and O–H groups in total. The van der Waals surface area contributed by atoms with Crippen LogP contribution in [0.4, 0.5) is 0 Å². The topological polar surface area (TPSA) is 52.0 Å². The van der Waals surface area contributed by atoms with Gasteiger partial charge in [-0.2, -0.15) is 0 Å². The molecule has 1 aromatic carbocycles. The lowest BCUT2D eigenvalue weighted by molar-refractivity contribution is 0.771. The van der Waals surface area contributed by atoms with Gasteiger partial charge in [0.1, 0.15) is 0 Å². The zero-order chi connectivity index (χ0) is 8.97. The first-order valence-corrected chi connectivity index (χ1v) is 4.96. The molecule has 0 aromatic heterocycles. The van der Waals surface area contributed by atoms with Crippen molar-refractivity contribution in [3.8, 4) is 0 Å². The van der Waals surface area contributed by atoms with Crippen molar-refractivity contribution in [2.75, 3.05) is 5.75 Å². The second-order valence-corrected chi connectivity index (χ2v) is 3.87. The molecule has 0 atom stereocenters. The highest BCUT2D eigenvalue weighted by Crippen LogP contribution is 2.19. The van der Waals surface area contributed by atoms with E-state index in [9.17, 15) is 0 Å². The molecule has 0 aliphatic carbocycles. The van der Waals surface area contributed by atoms with E-state index < -0.39 is 0 Å². The Bertz CT molecular complexity index is 248. The summed E-state index contributed by atoms with van der Waals surface area (Å²) < 4.78 is 0. The highest BCUT2D eigenvalue weighted by atomic mass is 32.2. The van der Waals surface area contributed by atoms with Crippen molar-refractivity contribution in [3.63, 3.8) is 0 Å².